The highest BCUT2D eigenvalue weighted by Crippen LogP contribution is 2.23. The minimum atomic E-state index is -0.708. The monoisotopic (exact) mass is 206 g/mol. The van der Waals surface area contributed by atoms with Gasteiger partial charge in [0.05, 0.1) is 0 Å². The number of hydrogen-bond acceptors (Lipinski definition) is 5. The van der Waals surface area contributed by atoms with Gasteiger partial charge in [0.2, 0.25) is 0 Å². The van der Waals surface area contributed by atoms with Crippen molar-refractivity contribution in [1.29, 1.82) is 0 Å². The summed E-state index contributed by atoms with van der Waals surface area (Å²) in [6.45, 7) is 2.16. The molecule has 1 aliphatic heterocycles. The lowest BCUT2D eigenvalue weighted by atomic mass is 10.3. The van der Waals surface area contributed by atoms with Gasteiger partial charge in [-0.3, -0.25) is 4.79 Å². The van der Waals surface area contributed by atoms with Gasteiger partial charge >= 0.3 is 5.97 Å². The predicted octanol–water partition coefficient (Wildman–Crippen LogP) is 0.738. The number of carbonyl (C=O) groups is 1. The molecule has 0 aliphatic carbocycles. The lowest BCUT2D eigenvalue weighted by Crippen LogP contribution is -2.18. The van der Waals surface area contributed by atoms with Gasteiger partial charge < -0.3 is 14.6 Å². The Bertz CT molecular complexity index is 174. The van der Waals surface area contributed by atoms with Crippen LogP contribution in [-0.2, 0) is 14.3 Å². The van der Waals surface area contributed by atoms with E-state index in [4.69, 9.17) is 14.6 Å². The van der Waals surface area contributed by atoms with Crippen molar-refractivity contribution in [2.24, 2.45) is 0 Å². The molecule has 0 bridgehead atoms. The van der Waals surface area contributed by atoms with E-state index in [1.807, 2.05) is 6.92 Å². The SMILES string of the molecule is CCCC(=O)OC[C@@H]1OC(O)CS1. The largest absolute Gasteiger partial charge is 0.462 e. The average Bonchev–Trinajstić information content (AvgIpc) is 2.49. The van der Waals surface area contributed by atoms with E-state index in [0.717, 1.165) is 6.42 Å². The van der Waals surface area contributed by atoms with E-state index in [1.165, 1.54) is 11.8 Å². The molecule has 5 heteroatoms. The first-order valence-electron chi connectivity index (χ1n) is 4.33. The van der Waals surface area contributed by atoms with Crippen LogP contribution in [0.2, 0.25) is 0 Å². The number of carbonyl (C=O) groups excluding carboxylic acids is 1. The van der Waals surface area contributed by atoms with Crippen LogP contribution in [0.25, 0.3) is 0 Å². The molecule has 0 spiro atoms. The first-order chi connectivity index (χ1) is 6.22. The summed E-state index contributed by atoms with van der Waals surface area (Å²) in [7, 11) is 0. The zero-order valence-electron chi connectivity index (χ0n) is 7.56. The number of hydrogen-bond donors (Lipinski definition) is 1. The second-order valence-corrected chi connectivity index (χ2v) is 3.98. The molecule has 1 unspecified atom stereocenters. The van der Waals surface area contributed by atoms with Crippen molar-refractivity contribution in [3.05, 3.63) is 0 Å². The van der Waals surface area contributed by atoms with Gasteiger partial charge in [-0.05, 0) is 6.42 Å². The zero-order chi connectivity index (χ0) is 9.68. The molecule has 1 saturated heterocycles. The Hall–Kier alpha value is -0.260. The summed E-state index contributed by atoms with van der Waals surface area (Å²) in [5, 5.41) is 8.98. The molecule has 2 atom stereocenters. The van der Waals surface area contributed by atoms with E-state index >= 15 is 0 Å². The highest BCUT2D eigenvalue weighted by Gasteiger charge is 2.24. The topological polar surface area (TPSA) is 55.8 Å². The van der Waals surface area contributed by atoms with E-state index in [1.54, 1.807) is 0 Å². The van der Waals surface area contributed by atoms with Gasteiger partial charge in [-0.15, -0.1) is 11.8 Å². The van der Waals surface area contributed by atoms with Crippen LogP contribution in [0.4, 0.5) is 0 Å². The molecule has 1 N–H and O–H groups in total. The summed E-state index contributed by atoms with van der Waals surface area (Å²) in [5.41, 5.74) is -0.198. The molecule has 0 aromatic rings. The lowest BCUT2D eigenvalue weighted by molar-refractivity contribution is -0.150. The van der Waals surface area contributed by atoms with Gasteiger partial charge in [0.1, 0.15) is 12.0 Å². The maximum atomic E-state index is 10.9. The summed E-state index contributed by atoms with van der Waals surface area (Å²) in [5.74, 6) is 0.351. The highest BCUT2D eigenvalue weighted by atomic mass is 32.2. The summed E-state index contributed by atoms with van der Waals surface area (Å²) in [6.07, 6.45) is 0.528. The summed E-state index contributed by atoms with van der Waals surface area (Å²) < 4.78 is 9.95. The lowest BCUT2D eigenvalue weighted by Gasteiger charge is -2.09. The fourth-order valence-electron chi connectivity index (χ4n) is 0.968. The maximum Gasteiger partial charge on any atom is 0.305 e. The van der Waals surface area contributed by atoms with Gasteiger partial charge in [0.15, 0.2) is 6.29 Å². The Balaban J connectivity index is 2.09. The molecule has 0 saturated carbocycles. The first kappa shape index (κ1) is 10.8. The maximum absolute atomic E-state index is 10.9. The standard InChI is InChI=1S/C8H14O4S/c1-2-3-6(9)11-4-8-12-7(10)5-13-8/h7-8,10H,2-5H2,1H3/t7?,8-/m1/s1. The number of thioether (sulfide) groups is 1. The third-order valence-electron chi connectivity index (χ3n) is 1.57. The van der Waals surface area contributed by atoms with Gasteiger partial charge in [-0.2, -0.15) is 0 Å². The van der Waals surface area contributed by atoms with Crippen molar-refractivity contribution < 1.29 is 19.4 Å². The van der Waals surface area contributed by atoms with Crippen molar-refractivity contribution in [2.45, 2.75) is 31.5 Å². The quantitative estimate of drug-likeness (QED) is 0.687. The minimum absolute atomic E-state index is 0.198. The second kappa shape index (κ2) is 5.47. The van der Waals surface area contributed by atoms with Crippen LogP contribution in [0.3, 0.4) is 0 Å². The molecule has 0 amide bonds. The molecule has 0 aromatic carbocycles. The summed E-state index contributed by atoms with van der Waals surface area (Å²) >= 11 is 1.46. The third kappa shape index (κ3) is 3.97. The van der Waals surface area contributed by atoms with Gasteiger partial charge in [-0.1, -0.05) is 6.92 Å². The molecule has 0 radical (unpaired) electrons. The smallest absolute Gasteiger partial charge is 0.305 e. The number of ether oxygens (including phenoxy) is 2. The average molecular weight is 206 g/mol. The van der Waals surface area contributed by atoms with Gasteiger partial charge in [-0.25, -0.2) is 0 Å². The van der Waals surface area contributed by atoms with Crippen molar-refractivity contribution in [1.82, 2.24) is 0 Å². The first-order valence-corrected chi connectivity index (χ1v) is 5.38. The van der Waals surface area contributed by atoms with Crippen LogP contribution in [0.1, 0.15) is 19.8 Å². The van der Waals surface area contributed by atoms with E-state index < -0.39 is 6.29 Å². The van der Waals surface area contributed by atoms with E-state index in [9.17, 15) is 4.79 Å². The van der Waals surface area contributed by atoms with Gasteiger partial charge in [0.25, 0.3) is 0 Å². The van der Waals surface area contributed by atoms with Crippen LogP contribution >= 0.6 is 11.8 Å². The Morgan fingerprint density at radius 2 is 2.54 bits per heavy atom. The predicted molar refractivity (Wildman–Crippen MR) is 49.2 cm³/mol. The Kier molecular flexibility index (Phi) is 4.55. The van der Waals surface area contributed by atoms with E-state index in [2.05, 4.69) is 0 Å². The zero-order valence-corrected chi connectivity index (χ0v) is 8.38. The fraction of sp³-hybridized carbons (Fsp3) is 0.875. The molecule has 1 fully saturated rings. The fourth-order valence-corrected chi connectivity index (χ4v) is 1.80. The Labute approximate surface area is 81.6 Å². The van der Waals surface area contributed by atoms with Crippen LogP contribution in [0.5, 0.6) is 0 Å². The molecule has 76 valence electrons. The molecule has 1 rings (SSSR count). The van der Waals surface area contributed by atoms with E-state index in [0.29, 0.717) is 12.2 Å². The van der Waals surface area contributed by atoms with Crippen LogP contribution in [-0.4, -0.2) is 35.2 Å². The minimum Gasteiger partial charge on any atom is -0.462 e. The molecule has 4 nitrogen and oxygen atoms in total. The van der Waals surface area contributed by atoms with Crippen molar-refractivity contribution in [2.75, 3.05) is 12.4 Å². The molecule has 0 aromatic heterocycles. The number of aliphatic hydroxyl groups is 1. The van der Waals surface area contributed by atoms with Gasteiger partial charge in [0, 0.05) is 12.2 Å². The molecule has 1 heterocycles. The molecule has 13 heavy (non-hydrogen) atoms. The number of aliphatic hydroxyl groups excluding tert-OH is 1. The van der Waals surface area contributed by atoms with Crippen molar-refractivity contribution >= 4 is 17.7 Å². The van der Waals surface area contributed by atoms with Crippen molar-refractivity contribution in [3.8, 4) is 0 Å². The van der Waals surface area contributed by atoms with Crippen molar-refractivity contribution in [3.63, 3.8) is 0 Å². The Morgan fingerprint density at radius 1 is 1.77 bits per heavy atom. The number of rotatable bonds is 4. The Morgan fingerprint density at radius 3 is 3.08 bits per heavy atom. The summed E-state index contributed by atoms with van der Waals surface area (Å²) in [4.78, 5) is 10.9. The van der Waals surface area contributed by atoms with Crippen LogP contribution < -0.4 is 0 Å². The third-order valence-corrected chi connectivity index (χ3v) is 2.66. The summed E-state index contributed by atoms with van der Waals surface area (Å²) in [6, 6.07) is 0. The number of esters is 1. The molecule has 1 aliphatic rings. The van der Waals surface area contributed by atoms with Crippen LogP contribution in [0.15, 0.2) is 0 Å². The second-order valence-electron chi connectivity index (χ2n) is 2.79. The molecular weight excluding hydrogens is 192 g/mol. The van der Waals surface area contributed by atoms with E-state index in [-0.39, 0.29) is 18.0 Å². The molecular formula is C8H14O4S. The normalized spacial score (nSPS) is 27.5. The van der Waals surface area contributed by atoms with Crippen LogP contribution in [0, 0.1) is 0 Å². The highest BCUT2D eigenvalue weighted by molar-refractivity contribution is 8.00.